The highest BCUT2D eigenvalue weighted by atomic mass is 16.1. The molecule has 3 nitrogen and oxygen atoms in total. The molecule has 0 bridgehead atoms. The number of nitrogens with one attached hydrogen (secondary N) is 1. The van der Waals surface area contributed by atoms with Crippen LogP contribution in [0.25, 0.3) is 0 Å². The summed E-state index contributed by atoms with van der Waals surface area (Å²) >= 11 is 0. The first-order valence-electron chi connectivity index (χ1n) is 8.41. The van der Waals surface area contributed by atoms with E-state index in [1.165, 1.54) is 44.2 Å². The van der Waals surface area contributed by atoms with Crippen molar-refractivity contribution in [3.8, 4) is 0 Å². The van der Waals surface area contributed by atoms with Crippen molar-refractivity contribution in [2.75, 3.05) is 18.0 Å². The third-order valence-electron chi connectivity index (χ3n) is 4.95. The minimum atomic E-state index is 0.252. The Hall–Kier alpha value is -1.51. The Labute approximate surface area is 127 Å². The van der Waals surface area contributed by atoms with Gasteiger partial charge in [0.05, 0.1) is 0 Å². The smallest absolute Gasteiger partial charge is 0.220 e. The van der Waals surface area contributed by atoms with E-state index in [-0.39, 0.29) is 5.91 Å². The molecular weight excluding hydrogens is 260 g/mol. The highest BCUT2D eigenvalue weighted by molar-refractivity contribution is 5.76. The molecule has 0 spiro atoms. The monoisotopic (exact) mass is 286 g/mol. The van der Waals surface area contributed by atoms with Crippen molar-refractivity contribution in [3.63, 3.8) is 0 Å². The van der Waals surface area contributed by atoms with Gasteiger partial charge in [-0.15, -0.1) is 0 Å². The first-order chi connectivity index (χ1) is 10.3. The summed E-state index contributed by atoms with van der Waals surface area (Å²) in [5.74, 6) is 0.889. The molecule has 1 aromatic rings. The molecule has 1 amide bonds. The second kappa shape index (κ2) is 6.97. The third kappa shape index (κ3) is 3.78. The number of carbonyl (C=O) groups is 1. The lowest BCUT2D eigenvalue weighted by Gasteiger charge is -2.27. The van der Waals surface area contributed by atoms with Crippen LogP contribution in [0.1, 0.15) is 44.9 Å². The van der Waals surface area contributed by atoms with Crippen molar-refractivity contribution in [1.29, 1.82) is 0 Å². The van der Waals surface area contributed by atoms with Gasteiger partial charge in [0.1, 0.15) is 0 Å². The molecule has 1 heterocycles. The Kier molecular flexibility index (Phi) is 4.79. The van der Waals surface area contributed by atoms with Crippen LogP contribution in [0.3, 0.4) is 0 Å². The van der Waals surface area contributed by atoms with Gasteiger partial charge in [-0.1, -0.05) is 31.0 Å². The normalized spacial score (nSPS) is 22.7. The van der Waals surface area contributed by atoms with Gasteiger partial charge in [0, 0.05) is 31.2 Å². The van der Waals surface area contributed by atoms with E-state index < -0.39 is 0 Å². The van der Waals surface area contributed by atoms with Crippen LogP contribution in [-0.2, 0) is 4.79 Å². The molecule has 1 N–H and O–H groups in total. The number of para-hydroxylation sites is 1. The molecule has 1 saturated carbocycles. The summed E-state index contributed by atoms with van der Waals surface area (Å²) < 4.78 is 0. The topological polar surface area (TPSA) is 32.3 Å². The Morgan fingerprint density at radius 2 is 1.86 bits per heavy atom. The lowest BCUT2D eigenvalue weighted by molar-refractivity contribution is -0.122. The number of carbonyl (C=O) groups excluding carboxylic acids is 1. The fourth-order valence-corrected chi connectivity index (χ4v) is 3.79. The van der Waals surface area contributed by atoms with Gasteiger partial charge in [0.2, 0.25) is 5.91 Å². The Bertz CT molecular complexity index is 454. The first kappa shape index (κ1) is 14.4. The van der Waals surface area contributed by atoms with Crippen molar-refractivity contribution in [2.24, 2.45) is 5.92 Å². The molecule has 114 valence electrons. The van der Waals surface area contributed by atoms with Crippen molar-refractivity contribution in [1.82, 2.24) is 5.32 Å². The first-order valence-corrected chi connectivity index (χ1v) is 8.41. The Morgan fingerprint density at radius 1 is 1.10 bits per heavy atom. The molecule has 2 fully saturated rings. The van der Waals surface area contributed by atoms with E-state index in [2.05, 4.69) is 40.5 Å². The van der Waals surface area contributed by atoms with Crippen LogP contribution in [0.4, 0.5) is 5.69 Å². The maximum absolute atomic E-state index is 12.1. The minimum absolute atomic E-state index is 0.252. The highest BCUT2D eigenvalue weighted by Gasteiger charge is 2.25. The molecule has 1 atom stereocenters. The third-order valence-corrected chi connectivity index (χ3v) is 4.95. The van der Waals surface area contributed by atoms with Crippen LogP contribution in [0.5, 0.6) is 0 Å². The zero-order chi connectivity index (χ0) is 14.5. The Balaban J connectivity index is 1.48. The van der Waals surface area contributed by atoms with Crippen LogP contribution >= 0.6 is 0 Å². The Morgan fingerprint density at radius 3 is 2.62 bits per heavy atom. The van der Waals surface area contributed by atoms with E-state index in [9.17, 15) is 4.79 Å². The van der Waals surface area contributed by atoms with Crippen LogP contribution in [0.15, 0.2) is 30.3 Å². The average Bonchev–Trinajstić information content (AvgIpc) is 3.17. The molecule has 0 radical (unpaired) electrons. The lowest BCUT2D eigenvalue weighted by atomic mass is 10.0. The minimum Gasteiger partial charge on any atom is -0.367 e. The SMILES string of the molecule is O=C(CC1CCCC1)NCC1CCCN1c1ccccc1. The quantitative estimate of drug-likeness (QED) is 0.900. The van der Waals surface area contributed by atoms with E-state index in [1.54, 1.807) is 0 Å². The standard InChI is InChI=1S/C18H26N2O/c21-18(13-15-7-4-5-8-15)19-14-17-11-6-12-20(17)16-9-2-1-3-10-16/h1-3,9-10,15,17H,4-8,11-14H2,(H,19,21). The number of benzene rings is 1. The molecule has 1 unspecified atom stereocenters. The second-order valence-electron chi connectivity index (χ2n) is 6.48. The van der Waals surface area contributed by atoms with Gasteiger partial charge in [0.25, 0.3) is 0 Å². The number of amides is 1. The molecule has 3 heteroatoms. The maximum Gasteiger partial charge on any atom is 0.220 e. The molecule has 0 aromatic heterocycles. The van der Waals surface area contributed by atoms with Gasteiger partial charge in [-0.05, 0) is 43.7 Å². The van der Waals surface area contributed by atoms with Crippen molar-refractivity contribution >= 4 is 11.6 Å². The van der Waals surface area contributed by atoms with Gasteiger partial charge < -0.3 is 10.2 Å². The lowest BCUT2D eigenvalue weighted by Crippen LogP contribution is -2.40. The molecule has 1 aliphatic heterocycles. The molecule has 3 rings (SSSR count). The van der Waals surface area contributed by atoms with Crippen molar-refractivity contribution < 1.29 is 4.79 Å². The van der Waals surface area contributed by atoms with Gasteiger partial charge in [-0.2, -0.15) is 0 Å². The molecule has 21 heavy (non-hydrogen) atoms. The molecule has 1 saturated heterocycles. The number of nitrogens with zero attached hydrogens (tertiary/aromatic N) is 1. The van der Waals surface area contributed by atoms with E-state index in [1.807, 2.05) is 0 Å². The summed E-state index contributed by atoms with van der Waals surface area (Å²) in [5, 5.41) is 3.17. The van der Waals surface area contributed by atoms with Crippen LogP contribution in [0, 0.1) is 5.92 Å². The summed E-state index contributed by atoms with van der Waals surface area (Å²) in [5.41, 5.74) is 1.28. The van der Waals surface area contributed by atoms with Crippen LogP contribution < -0.4 is 10.2 Å². The fraction of sp³-hybridized carbons (Fsp3) is 0.611. The highest BCUT2D eigenvalue weighted by Crippen LogP contribution is 2.28. The van der Waals surface area contributed by atoms with Gasteiger partial charge in [-0.25, -0.2) is 0 Å². The number of rotatable bonds is 5. The summed E-state index contributed by atoms with van der Waals surface area (Å²) in [6.07, 6.45) is 8.24. The van der Waals surface area contributed by atoms with Gasteiger partial charge >= 0.3 is 0 Å². The predicted molar refractivity (Wildman–Crippen MR) is 86.4 cm³/mol. The average molecular weight is 286 g/mol. The predicted octanol–water partition coefficient (Wildman–Crippen LogP) is 3.35. The largest absolute Gasteiger partial charge is 0.367 e. The maximum atomic E-state index is 12.1. The van der Waals surface area contributed by atoms with Gasteiger partial charge in [-0.3, -0.25) is 4.79 Å². The van der Waals surface area contributed by atoms with Crippen LogP contribution in [-0.4, -0.2) is 25.0 Å². The molecule has 2 aliphatic rings. The van der Waals surface area contributed by atoms with Crippen molar-refractivity contribution in [3.05, 3.63) is 30.3 Å². The van der Waals surface area contributed by atoms with E-state index >= 15 is 0 Å². The molecule has 1 aliphatic carbocycles. The zero-order valence-corrected chi connectivity index (χ0v) is 12.8. The van der Waals surface area contributed by atoms with E-state index in [0.29, 0.717) is 12.0 Å². The van der Waals surface area contributed by atoms with Crippen LogP contribution in [0.2, 0.25) is 0 Å². The summed E-state index contributed by atoms with van der Waals surface area (Å²) in [7, 11) is 0. The van der Waals surface area contributed by atoms with Crippen molar-refractivity contribution in [2.45, 2.75) is 51.0 Å². The summed E-state index contributed by atoms with van der Waals surface area (Å²) in [6.45, 7) is 1.90. The fourth-order valence-electron chi connectivity index (χ4n) is 3.79. The number of hydrogen-bond donors (Lipinski definition) is 1. The zero-order valence-electron chi connectivity index (χ0n) is 12.8. The molecule has 1 aromatic carbocycles. The van der Waals surface area contributed by atoms with E-state index in [0.717, 1.165) is 19.5 Å². The summed E-state index contributed by atoms with van der Waals surface area (Å²) in [6, 6.07) is 11.0. The second-order valence-corrected chi connectivity index (χ2v) is 6.48. The van der Waals surface area contributed by atoms with Gasteiger partial charge in [0.15, 0.2) is 0 Å². The van der Waals surface area contributed by atoms with E-state index in [4.69, 9.17) is 0 Å². The molecular formula is C18H26N2O. The summed E-state index contributed by atoms with van der Waals surface area (Å²) in [4.78, 5) is 14.5. The number of anilines is 1. The number of hydrogen-bond acceptors (Lipinski definition) is 2.